The summed E-state index contributed by atoms with van der Waals surface area (Å²) in [5, 5.41) is 10.3. The average molecular weight is 384 g/mol. The molecule has 0 unspecified atom stereocenters. The van der Waals surface area contributed by atoms with E-state index in [1.54, 1.807) is 44.6 Å². The first-order valence-electron chi connectivity index (χ1n) is 9.37. The topological polar surface area (TPSA) is 69.4 Å². The average Bonchev–Trinajstić information content (AvgIpc) is 3.03. The molecule has 6 nitrogen and oxygen atoms in total. The lowest BCUT2D eigenvalue weighted by atomic mass is 10.0. The molecule has 0 saturated heterocycles. The third-order valence-corrected chi connectivity index (χ3v) is 5.05. The minimum atomic E-state index is -0.194. The molecular formula is C22H26NO5+. The fourth-order valence-corrected chi connectivity index (χ4v) is 3.31. The minimum Gasteiger partial charge on any atom is -0.507 e. The maximum atomic E-state index is 12.8. The Balaban J connectivity index is 1.96. The molecule has 1 aliphatic rings. The molecule has 0 spiro atoms. The number of carbonyl (C=O) groups excluding carboxylic acids is 1. The van der Waals surface area contributed by atoms with Crippen molar-refractivity contribution in [2.24, 2.45) is 0 Å². The normalized spacial score (nSPS) is 14.3. The van der Waals surface area contributed by atoms with Gasteiger partial charge in [-0.25, -0.2) is 0 Å². The van der Waals surface area contributed by atoms with E-state index in [4.69, 9.17) is 14.2 Å². The molecule has 0 amide bonds. The maximum Gasteiger partial charge on any atom is 0.231 e. The van der Waals surface area contributed by atoms with E-state index in [9.17, 15) is 9.90 Å². The van der Waals surface area contributed by atoms with Crippen LogP contribution in [0.4, 0.5) is 0 Å². The fourth-order valence-electron chi connectivity index (χ4n) is 3.31. The standard InChI is InChI=1S/C22H25NO5/c1-5-23(6-2)13-16-17(24)9-8-15-21(25)20(28-22(15)16)12-14-7-10-18(26-3)19(11-14)27-4/h7-12,24H,5-6,13H2,1-4H3/p+1/b20-12-. The summed E-state index contributed by atoms with van der Waals surface area (Å²) in [6, 6.07) is 8.57. The van der Waals surface area contributed by atoms with Crippen LogP contribution in [0.3, 0.4) is 0 Å². The third kappa shape index (κ3) is 3.68. The molecular weight excluding hydrogens is 358 g/mol. The van der Waals surface area contributed by atoms with E-state index in [0.29, 0.717) is 34.9 Å². The number of Topliss-reactive ketones (excluding diaryl/α,β-unsaturated/α-hetero) is 1. The van der Waals surface area contributed by atoms with Gasteiger partial charge in [-0.1, -0.05) is 6.07 Å². The first kappa shape index (κ1) is 19.8. The minimum absolute atomic E-state index is 0.151. The van der Waals surface area contributed by atoms with Crippen molar-refractivity contribution < 1.29 is 29.0 Å². The summed E-state index contributed by atoms with van der Waals surface area (Å²) in [7, 11) is 3.13. The van der Waals surface area contributed by atoms with E-state index in [0.717, 1.165) is 18.7 Å². The first-order valence-corrected chi connectivity index (χ1v) is 9.37. The Bertz CT molecular complexity index is 915. The molecule has 2 N–H and O–H groups in total. The zero-order chi connectivity index (χ0) is 20.3. The summed E-state index contributed by atoms with van der Waals surface area (Å²) < 4.78 is 16.5. The number of nitrogens with one attached hydrogen (secondary N) is 1. The lowest BCUT2D eigenvalue weighted by Gasteiger charge is -2.17. The predicted octanol–water partition coefficient (Wildman–Crippen LogP) is 2.45. The number of fused-ring (bicyclic) bond motifs is 1. The van der Waals surface area contributed by atoms with Crippen molar-refractivity contribution in [3.63, 3.8) is 0 Å². The predicted molar refractivity (Wildman–Crippen MR) is 106 cm³/mol. The zero-order valence-electron chi connectivity index (χ0n) is 16.7. The van der Waals surface area contributed by atoms with Gasteiger partial charge in [0.15, 0.2) is 23.0 Å². The quantitative estimate of drug-likeness (QED) is 0.718. The largest absolute Gasteiger partial charge is 0.507 e. The summed E-state index contributed by atoms with van der Waals surface area (Å²) >= 11 is 0. The number of hydrogen-bond donors (Lipinski definition) is 2. The van der Waals surface area contributed by atoms with Crippen molar-refractivity contribution in [3.8, 4) is 23.0 Å². The molecule has 1 heterocycles. The van der Waals surface area contributed by atoms with E-state index in [-0.39, 0.29) is 17.3 Å². The van der Waals surface area contributed by atoms with E-state index >= 15 is 0 Å². The van der Waals surface area contributed by atoms with Gasteiger partial charge in [-0.2, -0.15) is 0 Å². The maximum absolute atomic E-state index is 12.8. The summed E-state index contributed by atoms with van der Waals surface area (Å²) in [6.45, 7) is 6.61. The lowest BCUT2D eigenvalue weighted by molar-refractivity contribution is -0.910. The van der Waals surface area contributed by atoms with Crippen LogP contribution < -0.4 is 19.1 Å². The highest BCUT2D eigenvalue weighted by Crippen LogP contribution is 2.39. The summed E-state index contributed by atoms with van der Waals surface area (Å²) in [6.07, 6.45) is 1.68. The number of ether oxygens (including phenoxy) is 3. The van der Waals surface area contributed by atoms with Crippen LogP contribution in [-0.4, -0.2) is 38.2 Å². The number of ketones is 1. The van der Waals surface area contributed by atoms with Crippen LogP contribution >= 0.6 is 0 Å². The molecule has 0 aliphatic carbocycles. The van der Waals surface area contributed by atoms with E-state index in [1.165, 1.54) is 4.90 Å². The molecule has 2 aromatic carbocycles. The van der Waals surface area contributed by atoms with Gasteiger partial charge in [0.2, 0.25) is 5.78 Å². The SMILES string of the molecule is CC[NH+](CC)Cc1c(O)ccc2c1O/C(=C\c1ccc(OC)c(OC)c1)C2=O. The Morgan fingerprint density at radius 3 is 2.43 bits per heavy atom. The number of carbonyl (C=O) groups is 1. The molecule has 0 fully saturated rings. The number of aromatic hydroxyl groups is 1. The van der Waals surface area contributed by atoms with Crippen molar-refractivity contribution >= 4 is 11.9 Å². The van der Waals surface area contributed by atoms with Gasteiger partial charge in [0.25, 0.3) is 0 Å². The lowest BCUT2D eigenvalue weighted by Crippen LogP contribution is -3.10. The van der Waals surface area contributed by atoms with Gasteiger partial charge in [-0.3, -0.25) is 4.79 Å². The molecule has 148 valence electrons. The molecule has 0 bridgehead atoms. The van der Waals surface area contributed by atoms with Gasteiger partial charge < -0.3 is 24.2 Å². The number of rotatable bonds is 7. The summed E-state index contributed by atoms with van der Waals surface area (Å²) in [5.74, 6) is 1.82. The van der Waals surface area contributed by atoms with Crippen molar-refractivity contribution in [1.82, 2.24) is 0 Å². The van der Waals surface area contributed by atoms with Crippen molar-refractivity contribution in [2.75, 3.05) is 27.3 Å². The van der Waals surface area contributed by atoms with Crippen LogP contribution in [0.25, 0.3) is 6.08 Å². The van der Waals surface area contributed by atoms with Crippen LogP contribution in [0.2, 0.25) is 0 Å². The summed E-state index contributed by atoms with van der Waals surface area (Å²) in [4.78, 5) is 14.1. The summed E-state index contributed by atoms with van der Waals surface area (Å²) in [5.41, 5.74) is 1.90. The number of benzene rings is 2. The number of quaternary nitrogens is 1. The van der Waals surface area contributed by atoms with Gasteiger partial charge >= 0.3 is 0 Å². The highest BCUT2D eigenvalue weighted by molar-refractivity contribution is 6.15. The third-order valence-electron chi connectivity index (χ3n) is 5.05. The van der Waals surface area contributed by atoms with E-state index in [1.807, 2.05) is 6.07 Å². The Hall–Kier alpha value is -2.99. The van der Waals surface area contributed by atoms with Gasteiger partial charge in [0.05, 0.1) is 38.4 Å². The van der Waals surface area contributed by atoms with Gasteiger partial charge in [-0.05, 0) is 49.8 Å². The van der Waals surface area contributed by atoms with Crippen LogP contribution in [0.1, 0.15) is 35.3 Å². The fraction of sp³-hybridized carbons (Fsp3) is 0.318. The van der Waals surface area contributed by atoms with Crippen LogP contribution in [0.15, 0.2) is 36.1 Å². The van der Waals surface area contributed by atoms with Crippen molar-refractivity contribution in [3.05, 3.63) is 52.8 Å². The Labute approximate surface area is 164 Å². The molecule has 0 aromatic heterocycles. The number of methoxy groups -OCH3 is 2. The van der Waals surface area contributed by atoms with Crippen molar-refractivity contribution in [1.29, 1.82) is 0 Å². The Morgan fingerprint density at radius 2 is 1.79 bits per heavy atom. The smallest absolute Gasteiger partial charge is 0.231 e. The molecule has 0 atom stereocenters. The second kappa shape index (κ2) is 8.35. The number of phenolic OH excluding ortho intramolecular Hbond substituents is 1. The van der Waals surface area contributed by atoms with E-state index in [2.05, 4.69) is 13.8 Å². The van der Waals surface area contributed by atoms with Gasteiger partial charge in [-0.15, -0.1) is 0 Å². The second-order valence-electron chi connectivity index (χ2n) is 6.63. The van der Waals surface area contributed by atoms with E-state index < -0.39 is 0 Å². The van der Waals surface area contributed by atoms with Crippen LogP contribution in [-0.2, 0) is 6.54 Å². The molecule has 0 saturated carbocycles. The highest BCUT2D eigenvalue weighted by Gasteiger charge is 2.32. The van der Waals surface area contributed by atoms with Crippen LogP contribution in [0.5, 0.6) is 23.0 Å². The molecule has 6 heteroatoms. The van der Waals surface area contributed by atoms with Crippen LogP contribution in [0, 0.1) is 0 Å². The Kier molecular flexibility index (Phi) is 5.90. The highest BCUT2D eigenvalue weighted by atomic mass is 16.5. The van der Waals surface area contributed by atoms with Crippen molar-refractivity contribution in [2.45, 2.75) is 20.4 Å². The monoisotopic (exact) mass is 384 g/mol. The number of phenols is 1. The molecule has 0 radical (unpaired) electrons. The van der Waals surface area contributed by atoms with Gasteiger partial charge in [0, 0.05) is 0 Å². The number of allylic oxidation sites excluding steroid dienone is 1. The second-order valence-corrected chi connectivity index (χ2v) is 6.63. The van der Waals surface area contributed by atoms with Gasteiger partial charge in [0.1, 0.15) is 12.3 Å². The molecule has 28 heavy (non-hydrogen) atoms. The Morgan fingerprint density at radius 1 is 1.07 bits per heavy atom. The first-order chi connectivity index (χ1) is 13.5. The molecule has 1 aliphatic heterocycles. The number of hydrogen-bond acceptors (Lipinski definition) is 5. The molecule has 3 rings (SSSR count). The molecule has 2 aromatic rings. The zero-order valence-corrected chi connectivity index (χ0v) is 16.7.